The molecule has 0 amide bonds. The molecule has 2 heteroatoms. The van der Waals surface area contributed by atoms with E-state index in [1.807, 2.05) is 11.3 Å². The number of fused-ring (bicyclic) bond motifs is 11. The topological polar surface area (TPSA) is 3.88 Å². The van der Waals surface area contributed by atoms with Crippen molar-refractivity contribution in [2.24, 2.45) is 7.05 Å². The Morgan fingerprint density at radius 2 is 1.09 bits per heavy atom. The number of pyridine rings is 1. The number of aromatic nitrogens is 1. The van der Waals surface area contributed by atoms with E-state index in [1.165, 1.54) is 92.6 Å². The van der Waals surface area contributed by atoms with Crippen molar-refractivity contribution in [1.82, 2.24) is 0 Å². The van der Waals surface area contributed by atoms with Crippen LogP contribution in [0.1, 0.15) is 5.56 Å². The highest BCUT2D eigenvalue weighted by atomic mass is 32.1. The molecule has 0 saturated heterocycles. The van der Waals surface area contributed by atoms with Crippen molar-refractivity contribution in [3.8, 4) is 66.2 Å². The van der Waals surface area contributed by atoms with Gasteiger partial charge in [0.25, 0.3) is 0 Å². The highest BCUT2D eigenvalue weighted by molar-refractivity contribution is 7.23. The van der Waals surface area contributed by atoms with Crippen LogP contribution < -0.4 is 4.57 Å². The molecule has 9 rings (SSSR count). The summed E-state index contributed by atoms with van der Waals surface area (Å²) in [6.07, 6.45) is 2.20. The molecular formula is C43H30NS+. The third-order valence-corrected chi connectivity index (χ3v) is 10.7. The minimum Gasteiger partial charge on any atom is -0.201 e. The van der Waals surface area contributed by atoms with E-state index in [4.69, 9.17) is 0 Å². The number of thiophene rings is 1. The molecule has 2 heterocycles. The van der Waals surface area contributed by atoms with Gasteiger partial charge in [-0.1, -0.05) is 115 Å². The van der Waals surface area contributed by atoms with Crippen molar-refractivity contribution in [2.75, 3.05) is 0 Å². The number of nitrogens with zero attached hydrogens (tertiary/aromatic N) is 1. The first-order chi connectivity index (χ1) is 22.2. The molecule has 2 aromatic heterocycles. The standard InChI is InChI=1S/C43H30NS/c1-27-31-12-4-3-11-28(31)19-21-32(27)40-25-30(23-24-44(40)2)29-20-22-39-41(26-29)45-43-38-18-10-8-16-36(38)34-14-6-5-13-33(34)35-15-7-9-17-37(35)42(39)43/h3-26H,1-2H3/q+1. The summed E-state index contributed by atoms with van der Waals surface area (Å²) in [5.41, 5.74) is 15.4. The summed E-state index contributed by atoms with van der Waals surface area (Å²) in [5.74, 6) is 0. The highest BCUT2D eigenvalue weighted by Gasteiger charge is 2.25. The van der Waals surface area contributed by atoms with Gasteiger partial charge in [0.15, 0.2) is 6.20 Å². The average molecular weight is 593 g/mol. The Hall–Kier alpha value is -5.31. The summed E-state index contributed by atoms with van der Waals surface area (Å²) >= 11 is 1.91. The summed E-state index contributed by atoms with van der Waals surface area (Å²) in [6, 6.07) is 51.5. The van der Waals surface area contributed by atoms with Crippen LogP contribution >= 0.6 is 11.3 Å². The van der Waals surface area contributed by atoms with Gasteiger partial charge in [-0.3, -0.25) is 0 Å². The lowest BCUT2D eigenvalue weighted by molar-refractivity contribution is -0.660. The van der Waals surface area contributed by atoms with E-state index in [0.29, 0.717) is 0 Å². The van der Waals surface area contributed by atoms with E-state index in [-0.39, 0.29) is 0 Å². The molecule has 1 aliphatic carbocycles. The Labute approximate surface area is 267 Å². The molecule has 0 unspecified atom stereocenters. The Kier molecular flexibility index (Phi) is 5.88. The summed E-state index contributed by atoms with van der Waals surface area (Å²) in [4.78, 5) is 1.34. The molecule has 45 heavy (non-hydrogen) atoms. The van der Waals surface area contributed by atoms with Crippen LogP contribution in [0.2, 0.25) is 0 Å². The van der Waals surface area contributed by atoms with Gasteiger partial charge in [0.1, 0.15) is 7.05 Å². The van der Waals surface area contributed by atoms with Crippen molar-refractivity contribution in [1.29, 1.82) is 0 Å². The molecule has 1 nitrogen and oxygen atoms in total. The molecule has 0 bridgehead atoms. The van der Waals surface area contributed by atoms with Crippen LogP contribution in [0.15, 0.2) is 146 Å². The first kappa shape index (κ1) is 26.1. The van der Waals surface area contributed by atoms with E-state index in [2.05, 4.69) is 164 Å². The predicted octanol–water partition coefficient (Wildman–Crippen LogP) is 11.5. The fourth-order valence-electron chi connectivity index (χ4n) is 7.26. The third kappa shape index (κ3) is 4.03. The van der Waals surface area contributed by atoms with Gasteiger partial charge in [0, 0.05) is 43.8 Å². The second-order valence-corrected chi connectivity index (χ2v) is 13.1. The summed E-state index contributed by atoms with van der Waals surface area (Å²) in [5, 5.41) is 3.90. The monoisotopic (exact) mass is 592 g/mol. The summed E-state index contributed by atoms with van der Waals surface area (Å²) in [6.45, 7) is 2.24. The number of hydrogen-bond donors (Lipinski definition) is 0. The molecule has 0 saturated carbocycles. The van der Waals surface area contributed by atoms with Gasteiger partial charge >= 0.3 is 0 Å². The first-order valence-corrected chi connectivity index (χ1v) is 16.3. The largest absolute Gasteiger partial charge is 0.213 e. The molecule has 0 radical (unpaired) electrons. The summed E-state index contributed by atoms with van der Waals surface area (Å²) < 4.78 is 3.55. The van der Waals surface area contributed by atoms with Crippen molar-refractivity contribution in [2.45, 2.75) is 6.92 Å². The lowest BCUT2D eigenvalue weighted by atomic mass is 9.83. The molecule has 6 aromatic carbocycles. The SMILES string of the molecule is Cc1c(-c2cc(-c3ccc4c5c(sc4c3)-c3ccccc3-c3ccccc3-c3ccccc3-5)cc[n+]2C)ccc2ccccc12. The van der Waals surface area contributed by atoms with Crippen molar-refractivity contribution < 1.29 is 4.57 Å². The quantitative estimate of drug-likeness (QED) is 0.176. The van der Waals surface area contributed by atoms with Crippen LogP contribution in [-0.2, 0) is 7.05 Å². The maximum Gasteiger partial charge on any atom is 0.213 e. The van der Waals surface area contributed by atoms with Crippen LogP contribution in [0.4, 0.5) is 0 Å². The minimum atomic E-state index is 1.22. The Bertz CT molecular complexity index is 2460. The molecule has 8 aromatic rings. The normalized spacial score (nSPS) is 11.8. The van der Waals surface area contributed by atoms with E-state index in [0.717, 1.165) is 0 Å². The van der Waals surface area contributed by atoms with Gasteiger partial charge in [-0.25, -0.2) is 4.57 Å². The molecule has 212 valence electrons. The molecule has 0 spiro atoms. The third-order valence-electron chi connectivity index (χ3n) is 9.52. The fraction of sp³-hybridized carbons (Fsp3) is 0.0465. The first-order valence-electron chi connectivity index (χ1n) is 15.5. The van der Waals surface area contributed by atoms with Crippen molar-refractivity contribution in [3.05, 3.63) is 151 Å². The van der Waals surface area contributed by atoms with Crippen LogP contribution in [-0.4, -0.2) is 0 Å². The van der Waals surface area contributed by atoms with E-state index in [1.54, 1.807) is 0 Å². The molecule has 0 N–H and O–H groups in total. The molecule has 0 aliphatic heterocycles. The second-order valence-electron chi connectivity index (χ2n) is 12.0. The zero-order chi connectivity index (χ0) is 30.1. The minimum absolute atomic E-state index is 1.22. The van der Waals surface area contributed by atoms with Crippen molar-refractivity contribution >= 4 is 32.2 Å². The zero-order valence-corrected chi connectivity index (χ0v) is 26.0. The lowest BCUT2D eigenvalue weighted by Crippen LogP contribution is -2.30. The van der Waals surface area contributed by atoms with Crippen molar-refractivity contribution in [3.63, 3.8) is 0 Å². The molecule has 0 atom stereocenters. The van der Waals surface area contributed by atoms with E-state index < -0.39 is 0 Å². The number of aryl methyl sites for hydroxylation is 2. The van der Waals surface area contributed by atoms with E-state index >= 15 is 0 Å². The van der Waals surface area contributed by atoms with Crippen LogP contribution in [0.5, 0.6) is 0 Å². The maximum atomic E-state index is 2.40. The lowest BCUT2D eigenvalue weighted by Gasteiger charge is -2.21. The highest BCUT2D eigenvalue weighted by Crippen LogP contribution is 2.53. The Morgan fingerprint density at radius 3 is 1.84 bits per heavy atom. The van der Waals surface area contributed by atoms with Gasteiger partial charge in [-0.2, -0.15) is 0 Å². The molecule has 0 fully saturated rings. The molecule has 1 aliphatic rings. The van der Waals surface area contributed by atoms with E-state index in [9.17, 15) is 0 Å². The van der Waals surface area contributed by atoms with Crippen LogP contribution in [0.25, 0.3) is 87.1 Å². The van der Waals surface area contributed by atoms with Gasteiger partial charge in [0.2, 0.25) is 5.69 Å². The zero-order valence-electron chi connectivity index (χ0n) is 25.2. The fourth-order valence-corrected chi connectivity index (χ4v) is 8.56. The van der Waals surface area contributed by atoms with Crippen LogP contribution in [0.3, 0.4) is 0 Å². The smallest absolute Gasteiger partial charge is 0.201 e. The predicted molar refractivity (Wildman–Crippen MR) is 191 cm³/mol. The number of rotatable bonds is 2. The molecular weight excluding hydrogens is 563 g/mol. The second kappa shape index (κ2) is 10.1. The Morgan fingerprint density at radius 1 is 0.489 bits per heavy atom. The maximum absolute atomic E-state index is 2.40. The average Bonchev–Trinajstić information content (AvgIpc) is 3.47. The van der Waals surface area contributed by atoms with Gasteiger partial charge in [0.05, 0.1) is 0 Å². The van der Waals surface area contributed by atoms with Crippen LogP contribution in [0, 0.1) is 6.92 Å². The van der Waals surface area contributed by atoms with Gasteiger partial charge < -0.3 is 0 Å². The number of hydrogen-bond acceptors (Lipinski definition) is 1. The number of benzene rings is 6. The Balaban J connectivity index is 1.25. The summed E-state index contributed by atoms with van der Waals surface area (Å²) in [7, 11) is 2.14. The van der Waals surface area contributed by atoms with Gasteiger partial charge in [-0.05, 0) is 74.3 Å². The van der Waals surface area contributed by atoms with Gasteiger partial charge in [-0.15, -0.1) is 11.3 Å².